The van der Waals surface area contributed by atoms with Crippen LogP contribution in [0.1, 0.15) is 50.5 Å². The Hall–Kier alpha value is -0.520. The van der Waals surface area contributed by atoms with Crippen molar-refractivity contribution in [2.24, 2.45) is 11.1 Å². The first kappa shape index (κ1) is 23.8. The standard InChI is InChI=1S/C21H30ClN3O.2ClH/c22-17-3-1-16(2-4-17)14-25-15-21(13-20(25)26)9-11-24(12-10-21)19-7-5-18(23)6-8-19;;/h1-4,18-19H,5-15,23H2;2*1H. The van der Waals surface area contributed by atoms with Crippen LogP contribution in [0.25, 0.3) is 0 Å². The van der Waals surface area contributed by atoms with Crippen molar-refractivity contribution >= 4 is 42.3 Å². The molecule has 2 saturated heterocycles. The molecule has 3 fully saturated rings. The Morgan fingerprint density at radius 1 is 1.04 bits per heavy atom. The highest BCUT2D eigenvalue weighted by atomic mass is 35.5. The van der Waals surface area contributed by atoms with Gasteiger partial charge in [-0.3, -0.25) is 4.79 Å². The van der Waals surface area contributed by atoms with E-state index in [1.54, 1.807) is 0 Å². The van der Waals surface area contributed by atoms with Crippen molar-refractivity contribution < 1.29 is 4.79 Å². The maximum Gasteiger partial charge on any atom is 0.223 e. The van der Waals surface area contributed by atoms with Gasteiger partial charge in [0.25, 0.3) is 0 Å². The summed E-state index contributed by atoms with van der Waals surface area (Å²) in [6, 6.07) is 8.99. The minimum absolute atomic E-state index is 0. The molecule has 0 unspecified atom stereocenters. The summed E-state index contributed by atoms with van der Waals surface area (Å²) in [5.41, 5.74) is 7.42. The number of rotatable bonds is 3. The van der Waals surface area contributed by atoms with Gasteiger partial charge in [0, 0.05) is 36.6 Å². The number of piperidine rings is 1. The van der Waals surface area contributed by atoms with E-state index in [9.17, 15) is 4.79 Å². The number of nitrogens with two attached hydrogens (primary N) is 1. The van der Waals surface area contributed by atoms with E-state index in [1.807, 2.05) is 24.3 Å². The number of amides is 1. The van der Waals surface area contributed by atoms with Gasteiger partial charge in [-0.05, 0) is 74.7 Å². The Kier molecular flexibility index (Phi) is 8.48. The van der Waals surface area contributed by atoms with Gasteiger partial charge in [0.15, 0.2) is 0 Å². The van der Waals surface area contributed by atoms with Crippen molar-refractivity contribution in [3.8, 4) is 0 Å². The molecule has 1 spiro atoms. The molecule has 2 N–H and O–H groups in total. The van der Waals surface area contributed by atoms with E-state index in [0.717, 1.165) is 55.5 Å². The zero-order chi connectivity index (χ0) is 18.1. The molecule has 158 valence electrons. The average molecular weight is 449 g/mol. The van der Waals surface area contributed by atoms with E-state index in [-0.39, 0.29) is 30.2 Å². The predicted molar refractivity (Wildman–Crippen MR) is 119 cm³/mol. The fourth-order valence-corrected chi connectivity index (χ4v) is 5.23. The Labute approximate surface area is 186 Å². The second-order valence-corrected chi connectivity index (χ2v) is 9.09. The van der Waals surface area contributed by atoms with E-state index < -0.39 is 0 Å². The van der Waals surface area contributed by atoms with Gasteiger partial charge in [0.05, 0.1) is 0 Å². The van der Waals surface area contributed by atoms with Crippen LogP contribution in [-0.4, -0.2) is 47.4 Å². The second-order valence-electron chi connectivity index (χ2n) is 8.66. The lowest BCUT2D eigenvalue weighted by atomic mass is 9.76. The van der Waals surface area contributed by atoms with Crippen LogP contribution in [0.5, 0.6) is 0 Å². The summed E-state index contributed by atoms with van der Waals surface area (Å²) in [6.07, 6.45) is 7.85. The van der Waals surface area contributed by atoms with Gasteiger partial charge in [0.1, 0.15) is 0 Å². The molecule has 1 amide bonds. The van der Waals surface area contributed by atoms with Crippen LogP contribution in [-0.2, 0) is 11.3 Å². The number of hydrogen-bond acceptors (Lipinski definition) is 3. The van der Waals surface area contributed by atoms with Gasteiger partial charge in [-0.15, -0.1) is 24.8 Å². The van der Waals surface area contributed by atoms with Gasteiger partial charge in [0.2, 0.25) is 5.91 Å². The van der Waals surface area contributed by atoms with E-state index >= 15 is 0 Å². The fourth-order valence-electron chi connectivity index (χ4n) is 5.10. The summed E-state index contributed by atoms with van der Waals surface area (Å²) in [7, 11) is 0. The third kappa shape index (κ3) is 5.34. The van der Waals surface area contributed by atoms with Gasteiger partial charge in [-0.1, -0.05) is 23.7 Å². The molecule has 4 rings (SSSR count). The summed E-state index contributed by atoms with van der Waals surface area (Å²) in [4.78, 5) is 17.3. The van der Waals surface area contributed by atoms with Crippen molar-refractivity contribution in [1.82, 2.24) is 9.80 Å². The van der Waals surface area contributed by atoms with Crippen LogP contribution in [0.2, 0.25) is 5.02 Å². The molecule has 0 bridgehead atoms. The molecule has 0 atom stereocenters. The van der Waals surface area contributed by atoms with Gasteiger partial charge in [-0.25, -0.2) is 0 Å². The quantitative estimate of drug-likeness (QED) is 0.751. The molecular weight excluding hydrogens is 417 g/mol. The summed E-state index contributed by atoms with van der Waals surface area (Å²) in [5, 5.41) is 0.744. The number of carbonyl (C=O) groups is 1. The van der Waals surface area contributed by atoms with Crippen LogP contribution >= 0.6 is 36.4 Å². The van der Waals surface area contributed by atoms with E-state index in [0.29, 0.717) is 18.5 Å². The van der Waals surface area contributed by atoms with Crippen LogP contribution in [0.3, 0.4) is 0 Å². The topological polar surface area (TPSA) is 49.6 Å². The summed E-state index contributed by atoms with van der Waals surface area (Å²) in [6.45, 7) is 3.91. The third-order valence-electron chi connectivity index (χ3n) is 6.81. The van der Waals surface area contributed by atoms with Crippen molar-refractivity contribution in [2.45, 2.75) is 63.6 Å². The van der Waals surface area contributed by atoms with Crippen molar-refractivity contribution in [1.29, 1.82) is 0 Å². The number of nitrogens with zero attached hydrogens (tertiary/aromatic N) is 2. The first-order chi connectivity index (χ1) is 12.5. The van der Waals surface area contributed by atoms with E-state index in [1.165, 1.54) is 25.7 Å². The highest BCUT2D eigenvalue weighted by Crippen LogP contribution is 2.42. The van der Waals surface area contributed by atoms with Gasteiger partial charge in [-0.2, -0.15) is 0 Å². The van der Waals surface area contributed by atoms with Gasteiger partial charge < -0.3 is 15.5 Å². The molecule has 0 radical (unpaired) electrons. The Balaban J connectivity index is 0.00000140. The molecule has 0 aromatic heterocycles. The first-order valence-corrected chi connectivity index (χ1v) is 10.4. The molecule has 1 aromatic carbocycles. The van der Waals surface area contributed by atoms with Crippen molar-refractivity contribution in [2.75, 3.05) is 19.6 Å². The summed E-state index contributed by atoms with van der Waals surface area (Å²) < 4.78 is 0. The monoisotopic (exact) mass is 447 g/mol. The van der Waals surface area contributed by atoms with Crippen molar-refractivity contribution in [3.63, 3.8) is 0 Å². The molecule has 28 heavy (non-hydrogen) atoms. The molecular formula is C21H32Cl3N3O. The first-order valence-electron chi connectivity index (χ1n) is 10.0. The third-order valence-corrected chi connectivity index (χ3v) is 7.06. The number of benzene rings is 1. The zero-order valence-corrected chi connectivity index (χ0v) is 18.7. The lowest BCUT2D eigenvalue weighted by Gasteiger charge is -2.44. The van der Waals surface area contributed by atoms with Crippen molar-refractivity contribution in [3.05, 3.63) is 34.9 Å². The predicted octanol–water partition coefficient (Wildman–Crippen LogP) is 4.27. The minimum atomic E-state index is 0. The highest BCUT2D eigenvalue weighted by molar-refractivity contribution is 6.30. The number of hydrogen-bond donors (Lipinski definition) is 1. The molecule has 1 aromatic rings. The molecule has 1 saturated carbocycles. The second kappa shape index (κ2) is 9.99. The highest BCUT2D eigenvalue weighted by Gasteiger charge is 2.45. The lowest BCUT2D eigenvalue weighted by Crippen LogP contribution is -2.48. The maximum atomic E-state index is 12.6. The molecule has 4 nitrogen and oxygen atoms in total. The minimum Gasteiger partial charge on any atom is -0.338 e. The van der Waals surface area contributed by atoms with E-state index in [2.05, 4.69) is 9.80 Å². The summed E-state index contributed by atoms with van der Waals surface area (Å²) >= 11 is 5.97. The van der Waals surface area contributed by atoms with Crippen LogP contribution in [0.4, 0.5) is 0 Å². The van der Waals surface area contributed by atoms with Crippen LogP contribution < -0.4 is 5.73 Å². The molecule has 3 aliphatic rings. The average Bonchev–Trinajstić information content (AvgIpc) is 2.93. The normalized spacial score (nSPS) is 27.4. The number of likely N-dealkylation sites (tertiary alicyclic amines) is 2. The molecule has 7 heteroatoms. The SMILES string of the molecule is Cl.Cl.NC1CCC(N2CCC3(CC2)CC(=O)N(Cc2ccc(Cl)cc2)C3)CC1. The van der Waals surface area contributed by atoms with Crippen LogP contribution in [0, 0.1) is 5.41 Å². The molecule has 2 aliphatic heterocycles. The summed E-state index contributed by atoms with van der Waals surface area (Å²) in [5.74, 6) is 0.317. The smallest absolute Gasteiger partial charge is 0.223 e. The fraction of sp³-hybridized carbons (Fsp3) is 0.667. The zero-order valence-electron chi connectivity index (χ0n) is 16.3. The number of carbonyl (C=O) groups excluding carboxylic acids is 1. The largest absolute Gasteiger partial charge is 0.338 e. The lowest BCUT2D eigenvalue weighted by molar-refractivity contribution is -0.128. The Bertz CT molecular complexity index is 639. The Morgan fingerprint density at radius 3 is 2.25 bits per heavy atom. The maximum absolute atomic E-state index is 12.6. The number of halogens is 3. The Morgan fingerprint density at radius 2 is 1.64 bits per heavy atom. The van der Waals surface area contributed by atoms with E-state index in [4.69, 9.17) is 17.3 Å². The van der Waals surface area contributed by atoms with Gasteiger partial charge >= 0.3 is 0 Å². The van der Waals surface area contributed by atoms with Crippen LogP contribution in [0.15, 0.2) is 24.3 Å². The molecule has 2 heterocycles. The molecule has 1 aliphatic carbocycles.